The summed E-state index contributed by atoms with van der Waals surface area (Å²) < 4.78 is 16.1. The topological polar surface area (TPSA) is 77.1 Å². The van der Waals surface area contributed by atoms with Gasteiger partial charge in [0.1, 0.15) is 5.75 Å². The van der Waals surface area contributed by atoms with Gasteiger partial charge in [-0.05, 0) is 43.2 Å². The van der Waals surface area contributed by atoms with Gasteiger partial charge in [0.05, 0.1) is 32.4 Å². The molecule has 0 aliphatic carbocycles. The molecule has 2 aromatic rings. The van der Waals surface area contributed by atoms with Gasteiger partial charge in [0, 0.05) is 19.5 Å². The van der Waals surface area contributed by atoms with Crippen LogP contribution in [-0.4, -0.2) is 50.6 Å². The Morgan fingerprint density at radius 3 is 2.60 bits per heavy atom. The summed E-state index contributed by atoms with van der Waals surface area (Å²) in [5.74, 6) is 1.41. The first-order valence-corrected chi connectivity index (χ1v) is 10.1. The number of likely N-dealkylation sites (tertiary alicyclic amines) is 1. The van der Waals surface area contributed by atoms with Gasteiger partial charge >= 0.3 is 0 Å². The third-order valence-electron chi connectivity index (χ3n) is 5.15. The number of amides is 2. The quantitative estimate of drug-likeness (QED) is 0.685. The number of nitrogens with one attached hydrogen (secondary N) is 1. The first-order valence-electron chi connectivity index (χ1n) is 10.1. The zero-order valence-electron chi connectivity index (χ0n) is 17.6. The van der Waals surface area contributed by atoms with Gasteiger partial charge in [-0.1, -0.05) is 18.2 Å². The molecule has 1 atom stereocenters. The molecule has 1 aliphatic rings. The summed E-state index contributed by atoms with van der Waals surface area (Å²) in [4.78, 5) is 26.9. The summed E-state index contributed by atoms with van der Waals surface area (Å²) >= 11 is 0. The third-order valence-corrected chi connectivity index (χ3v) is 5.15. The van der Waals surface area contributed by atoms with Gasteiger partial charge in [-0.3, -0.25) is 9.59 Å². The number of methoxy groups -OCH3 is 2. The summed E-state index contributed by atoms with van der Waals surface area (Å²) in [6.45, 7) is 3.37. The largest absolute Gasteiger partial charge is 0.493 e. The van der Waals surface area contributed by atoms with Gasteiger partial charge in [-0.2, -0.15) is 0 Å². The van der Waals surface area contributed by atoms with Gasteiger partial charge in [0.2, 0.25) is 11.8 Å². The van der Waals surface area contributed by atoms with E-state index in [1.807, 2.05) is 43.3 Å². The molecule has 1 unspecified atom stereocenters. The van der Waals surface area contributed by atoms with Crippen molar-refractivity contribution in [1.82, 2.24) is 4.90 Å². The molecule has 1 N–H and O–H groups in total. The predicted octanol–water partition coefficient (Wildman–Crippen LogP) is 3.13. The second kappa shape index (κ2) is 10.0. The molecule has 2 amide bonds. The van der Waals surface area contributed by atoms with Crippen LogP contribution < -0.4 is 19.5 Å². The molecule has 3 rings (SSSR count). The average Bonchev–Trinajstić information content (AvgIpc) is 3.14. The van der Waals surface area contributed by atoms with E-state index in [1.54, 1.807) is 25.2 Å². The summed E-state index contributed by atoms with van der Waals surface area (Å²) in [6.07, 6.45) is 0.891. The maximum atomic E-state index is 12.7. The SMILES string of the molecule is CCOc1ccccc1NC(=O)C1CC(=O)N(CCc2ccc(OC)c(OC)c2)C1. The molecule has 0 saturated carbocycles. The Kier molecular flexibility index (Phi) is 7.17. The molecule has 0 aromatic heterocycles. The van der Waals surface area contributed by atoms with Crippen LogP contribution >= 0.6 is 0 Å². The third kappa shape index (κ3) is 5.03. The van der Waals surface area contributed by atoms with Crippen LogP contribution in [0.15, 0.2) is 42.5 Å². The number of carbonyl (C=O) groups is 2. The number of nitrogens with zero attached hydrogens (tertiary/aromatic N) is 1. The molecule has 1 aliphatic heterocycles. The van der Waals surface area contributed by atoms with E-state index in [0.29, 0.717) is 49.1 Å². The lowest BCUT2D eigenvalue weighted by Crippen LogP contribution is -2.30. The second-order valence-corrected chi connectivity index (χ2v) is 7.10. The van der Waals surface area contributed by atoms with E-state index in [1.165, 1.54) is 0 Å². The maximum absolute atomic E-state index is 12.7. The highest BCUT2D eigenvalue weighted by atomic mass is 16.5. The van der Waals surface area contributed by atoms with Crippen molar-refractivity contribution in [2.45, 2.75) is 19.8 Å². The molecular weight excluding hydrogens is 384 g/mol. The van der Waals surface area contributed by atoms with Crippen LogP contribution in [-0.2, 0) is 16.0 Å². The van der Waals surface area contributed by atoms with Crippen molar-refractivity contribution in [3.05, 3.63) is 48.0 Å². The number of rotatable bonds is 9. The number of ether oxygens (including phenoxy) is 3. The average molecular weight is 412 g/mol. The van der Waals surface area contributed by atoms with Gasteiger partial charge in [-0.15, -0.1) is 0 Å². The number of hydrogen-bond donors (Lipinski definition) is 1. The first-order chi connectivity index (χ1) is 14.5. The Morgan fingerprint density at radius 2 is 1.87 bits per heavy atom. The molecule has 0 spiro atoms. The highest BCUT2D eigenvalue weighted by molar-refractivity contribution is 5.98. The Bertz CT molecular complexity index is 899. The van der Waals surface area contributed by atoms with E-state index in [0.717, 1.165) is 5.56 Å². The van der Waals surface area contributed by atoms with Crippen LogP contribution in [0, 0.1) is 5.92 Å². The number of carbonyl (C=O) groups excluding carboxylic acids is 2. The zero-order chi connectivity index (χ0) is 21.5. The van der Waals surface area contributed by atoms with Crippen molar-refractivity contribution in [2.24, 2.45) is 5.92 Å². The smallest absolute Gasteiger partial charge is 0.229 e. The predicted molar refractivity (Wildman–Crippen MR) is 114 cm³/mol. The zero-order valence-corrected chi connectivity index (χ0v) is 17.6. The molecule has 1 fully saturated rings. The fourth-order valence-corrected chi connectivity index (χ4v) is 3.55. The highest BCUT2D eigenvalue weighted by Gasteiger charge is 2.34. The van der Waals surface area contributed by atoms with Crippen molar-refractivity contribution in [3.8, 4) is 17.2 Å². The fourth-order valence-electron chi connectivity index (χ4n) is 3.55. The van der Waals surface area contributed by atoms with Crippen molar-refractivity contribution in [2.75, 3.05) is 39.2 Å². The molecule has 7 heteroatoms. The molecule has 0 radical (unpaired) electrons. The number of hydrogen-bond acceptors (Lipinski definition) is 5. The first kappa shape index (κ1) is 21.5. The fraction of sp³-hybridized carbons (Fsp3) is 0.391. The number of benzene rings is 2. The maximum Gasteiger partial charge on any atom is 0.229 e. The molecule has 30 heavy (non-hydrogen) atoms. The second-order valence-electron chi connectivity index (χ2n) is 7.10. The minimum atomic E-state index is -0.377. The van der Waals surface area contributed by atoms with Crippen LogP contribution in [0.4, 0.5) is 5.69 Å². The van der Waals surface area contributed by atoms with Crippen molar-refractivity contribution in [1.29, 1.82) is 0 Å². The standard InChI is InChI=1S/C23H28N2O5/c1-4-30-19-8-6-5-7-18(19)24-23(27)17-14-22(26)25(15-17)12-11-16-9-10-20(28-2)21(13-16)29-3/h5-10,13,17H,4,11-12,14-15H2,1-3H3,(H,24,27). The Morgan fingerprint density at radius 1 is 1.10 bits per heavy atom. The summed E-state index contributed by atoms with van der Waals surface area (Å²) in [5.41, 5.74) is 1.67. The molecule has 2 aromatic carbocycles. The number of anilines is 1. The molecule has 1 saturated heterocycles. The van der Waals surface area contributed by atoms with Crippen molar-refractivity contribution in [3.63, 3.8) is 0 Å². The van der Waals surface area contributed by atoms with E-state index >= 15 is 0 Å². The van der Waals surface area contributed by atoms with Crippen molar-refractivity contribution >= 4 is 17.5 Å². The van der Waals surface area contributed by atoms with Crippen molar-refractivity contribution < 1.29 is 23.8 Å². The Hall–Kier alpha value is -3.22. The minimum Gasteiger partial charge on any atom is -0.493 e. The summed E-state index contributed by atoms with van der Waals surface area (Å²) in [7, 11) is 3.19. The van der Waals surface area contributed by atoms with Gasteiger partial charge in [0.15, 0.2) is 11.5 Å². The van der Waals surface area contributed by atoms with Gasteiger partial charge < -0.3 is 24.4 Å². The van der Waals surface area contributed by atoms with Crippen LogP contribution in [0.5, 0.6) is 17.2 Å². The van der Waals surface area contributed by atoms with Crippen LogP contribution in [0.25, 0.3) is 0 Å². The summed E-state index contributed by atoms with van der Waals surface area (Å²) in [5, 5.41) is 2.91. The molecular formula is C23H28N2O5. The van der Waals surface area contributed by atoms with Crippen LogP contribution in [0.3, 0.4) is 0 Å². The monoisotopic (exact) mass is 412 g/mol. The van der Waals surface area contributed by atoms with Crippen LogP contribution in [0.1, 0.15) is 18.9 Å². The molecule has 0 bridgehead atoms. The normalized spacial score (nSPS) is 15.8. The highest BCUT2D eigenvalue weighted by Crippen LogP contribution is 2.29. The molecule has 7 nitrogen and oxygen atoms in total. The lowest BCUT2D eigenvalue weighted by atomic mass is 10.1. The molecule has 160 valence electrons. The Balaban J connectivity index is 1.58. The minimum absolute atomic E-state index is 0.00581. The van der Waals surface area contributed by atoms with Crippen LogP contribution in [0.2, 0.25) is 0 Å². The van der Waals surface area contributed by atoms with E-state index in [-0.39, 0.29) is 24.2 Å². The van der Waals surface area contributed by atoms with E-state index in [4.69, 9.17) is 14.2 Å². The lowest BCUT2D eigenvalue weighted by molar-refractivity contribution is -0.128. The van der Waals surface area contributed by atoms with E-state index < -0.39 is 0 Å². The van der Waals surface area contributed by atoms with Gasteiger partial charge in [-0.25, -0.2) is 0 Å². The number of para-hydroxylation sites is 2. The molecule has 1 heterocycles. The Labute approximate surface area is 176 Å². The van der Waals surface area contributed by atoms with E-state index in [9.17, 15) is 9.59 Å². The van der Waals surface area contributed by atoms with E-state index in [2.05, 4.69) is 5.32 Å². The summed E-state index contributed by atoms with van der Waals surface area (Å²) in [6, 6.07) is 13.0. The van der Waals surface area contributed by atoms with Gasteiger partial charge in [0.25, 0.3) is 0 Å². The lowest BCUT2D eigenvalue weighted by Gasteiger charge is -2.17.